The molecule has 0 unspecified atom stereocenters. The molecule has 2 rings (SSSR count). The van der Waals surface area contributed by atoms with Crippen molar-refractivity contribution in [3.05, 3.63) is 59.2 Å². The number of aldehydes is 1. The van der Waals surface area contributed by atoms with Crippen LogP contribution in [0.25, 0.3) is 0 Å². The molecule has 0 spiro atoms. The first-order valence-electron chi connectivity index (χ1n) is 5.60. The molecule has 0 fully saturated rings. The van der Waals surface area contributed by atoms with Gasteiger partial charge in [0.1, 0.15) is 17.9 Å². The molecule has 0 N–H and O–H groups in total. The highest BCUT2D eigenvalue weighted by atomic mass is 32.2. The van der Waals surface area contributed by atoms with Crippen LogP contribution in [-0.2, 0) is 6.18 Å². The van der Waals surface area contributed by atoms with Crippen LogP contribution < -0.4 is 0 Å². The van der Waals surface area contributed by atoms with Crippen molar-refractivity contribution < 1.29 is 26.7 Å². The Balaban J connectivity index is 2.46. The molecule has 1 nitrogen and oxygen atoms in total. The van der Waals surface area contributed by atoms with Crippen LogP contribution in [0.2, 0.25) is 0 Å². The van der Waals surface area contributed by atoms with Crippen molar-refractivity contribution in [1.29, 1.82) is 0 Å². The number of rotatable bonds is 3. The third-order valence-corrected chi connectivity index (χ3v) is 3.69. The average Bonchev–Trinajstić information content (AvgIpc) is 2.41. The Hall–Kier alpha value is -1.89. The molecule has 2 aromatic carbocycles. The molecule has 0 amide bonds. The molecule has 7 heteroatoms. The topological polar surface area (TPSA) is 17.1 Å². The van der Waals surface area contributed by atoms with Gasteiger partial charge >= 0.3 is 6.18 Å². The summed E-state index contributed by atoms with van der Waals surface area (Å²) >= 11 is 0.518. The molecule has 0 saturated carbocycles. The zero-order valence-electron chi connectivity index (χ0n) is 10.2. The highest BCUT2D eigenvalue weighted by molar-refractivity contribution is 7.99. The third-order valence-electron chi connectivity index (χ3n) is 2.56. The van der Waals surface area contributed by atoms with E-state index in [4.69, 9.17) is 0 Å². The molecule has 0 aliphatic carbocycles. The van der Waals surface area contributed by atoms with Crippen molar-refractivity contribution >= 4 is 18.0 Å². The minimum absolute atomic E-state index is 0.133. The number of carbonyl (C=O) groups is 1. The van der Waals surface area contributed by atoms with Gasteiger partial charge in [-0.1, -0.05) is 17.8 Å². The molecule has 0 aromatic heterocycles. The first-order valence-corrected chi connectivity index (χ1v) is 6.42. The van der Waals surface area contributed by atoms with Crippen molar-refractivity contribution in [1.82, 2.24) is 0 Å². The average molecular weight is 318 g/mol. The predicted octanol–water partition coefficient (Wildman–Crippen LogP) is 4.95. The molecular weight excluding hydrogens is 311 g/mol. The number of alkyl halides is 3. The van der Waals surface area contributed by atoms with Gasteiger partial charge in [-0.2, -0.15) is 13.2 Å². The van der Waals surface area contributed by atoms with E-state index >= 15 is 0 Å². The van der Waals surface area contributed by atoms with Gasteiger partial charge in [-0.05, 0) is 24.3 Å². The Kier molecular flexibility index (Phi) is 4.32. The van der Waals surface area contributed by atoms with Gasteiger partial charge in [0.05, 0.1) is 5.56 Å². The van der Waals surface area contributed by atoms with Crippen LogP contribution in [0.5, 0.6) is 0 Å². The summed E-state index contributed by atoms with van der Waals surface area (Å²) in [6, 6.07) is 5.58. The predicted molar refractivity (Wildman–Crippen MR) is 67.3 cm³/mol. The van der Waals surface area contributed by atoms with Gasteiger partial charge in [0.2, 0.25) is 0 Å². The SMILES string of the molecule is O=Cc1ccc(Sc2ccc(F)cc2F)c(C(F)(F)F)c1. The maximum absolute atomic E-state index is 13.5. The van der Waals surface area contributed by atoms with Crippen LogP contribution in [0.3, 0.4) is 0 Å². The maximum atomic E-state index is 13.5. The quantitative estimate of drug-likeness (QED) is 0.588. The van der Waals surface area contributed by atoms with E-state index in [-0.39, 0.29) is 15.4 Å². The van der Waals surface area contributed by atoms with E-state index in [9.17, 15) is 26.7 Å². The number of halogens is 5. The van der Waals surface area contributed by atoms with Crippen LogP contribution in [-0.4, -0.2) is 6.29 Å². The fourth-order valence-corrected chi connectivity index (χ4v) is 2.56. The molecule has 0 saturated heterocycles. The molecule has 0 aliphatic heterocycles. The number of benzene rings is 2. The molecule has 2 aromatic rings. The zero-order valence-corrected chi connectivity index (χ0v) is 11.1. The van der Waals surface area contributed by atoms with Gasteiger partial charge in [-0.15, -0.1) is 0 Å². The third kappa shape index (κ3) is 3.60. The molecule has 0 heterocycles. The Bertz CT molecular complexity index is 682. The maximum Gasteiger partial charge on any atom is 0.417 e. The molecule has 0 atom stereocenters. The van der Waals surface area contributed by atoms with Crippen LogP contribution in [0, 0.1) is 11.6 Å². The second kappa shape index (κ2) is 5.85. The minimum Gasteiger partial charge on any atom is -0.298 e. The summed E-state index contributed by atoms with van der Waals surface area (Å²) in [7, 11) is 0. The Morgan fingerprint density at radius 3 is 2.19 bits per heavy atom. The van der Waals surface area contributed by atoms with Crippen LogP contribution in [0.4, 0.5) is 22.0 Å². The number of hydrogen-bond acceptors (Lipinski definition) is 2. The molecule has 0 radical (unpaired) electrons. The zero-order chi connectivity index (χ0) is 15.6. The van der Waals surface area contributed by atoms with Crippen molar-refractivity contribution in [2.75, 3.05) is 0 Å². The van der Waals surface area contributed by atoms with Gasteiger partial charge in [0.15, 0.2) is 0 Å². The van der Waals surface area contributed by atoms with E-state index in [0.717, 1.165) is 18.2 Å². The summed E-state index contributed by atoms with van der Waals surface area (Å²) in [4.78, 5) is 10.2. The summed E-state index contributed by atoms with van der Waals surface area (Å²) in [5.41, 5.74) is -1.17. The number of hydrogen-bond donors (Lipinski definition) is 0. The molecular formula is C14H7F5OS. The lowest BCUT2D eigenvalue weighted by Gasteiger charge is -2.13. The van der Waals surface area contributed by atoms with Gasteiger partial charge in [-0.3, -0.25) is 4.79 Å². The summed E-state index contributed by atoms with van der Waals surface area (Å²) in [5.74, 6) is -1.77. The highest BCUT2D eigenvalue weighted by Gasteiger charge is 2.34. The Morgan fingerprint density at radius 1 is 0.952 bits per heavy atom. The van der Waals surface area contributed by atoms with E-state index in [2.05, 4.69) is 0 Å². The first-order chi connectivity index (χ1) is 9.81. The lowest BCUT2D eigenvalue weighted by Crippen LogP contribution is -2.07. The van der Waals surface area contributed by atoms with Crippen molar-refractivity contribution in [2.24, 2.45) is 0 Å². The van der Waals surface area contributed by atoms with Gasteiger partial charge in [0, 0.05) is 21.4 Å². The van der Waals surface area contributed by atoms with Crippen molar-refractivity contribution in [3.8, 4) is 0 Å². The summed E-state index contributed by atoms with van der Waals surface area (Å²) in [5, 5.41) is 0. The van der Waals surface area contributed by atoms with E-state index < -0.39 is 23.4 Å². The van der Waals surface area contributed by atoms with Crippen LogP contribution in [0.15, 0.2) is 46.2 Å². The molecule has 0 bridgehead atoms. The van der Waals surface area contributed by atoms with Gasteiger partial charge in [-0.25, -0.2) is 8.78 Å². The smallest absolute Gasteiger partial charge is 0.298 e. The van der Waals surface area contributed by atoms with Gasteiger partial charge in [0.25, 0.3) is 0 Å². The van der Waals surface area contributed by atoms with E-state index in [1.165, 1.54) is 6.07 Å². The van der Waals surface area contributed by atoms with E-state index in [1.54, 1.807) is 0 Å². The molecule has 0 aliphatic rings. The summed E-state index contributed by atoms with van der Waals surface area (Å²) in [6.45, 7) is 0. The highest BCUT2D eigenvalue weighted by Crippen LogP contribution is 2.40. The lowest BCUT2D eigenvalue weighted by molar-refractivity contribution is -0.139. The second-order valence-electron chi connectivity index (χ2n) is 4.05. The molecule has 21 heavy (non-hydrogen) atoms. The van der Waals surface area contributed by atoms with Crippen molar-refractivity contribution in [3.63, 3.8) is 0 Å². The minimum atomic E-state index is -4.68. The fraction of sp³-hybridized carbons (Fsp3) is 0.0714. The van der Waals surface area contributed by atoms with Gasteiger partial charge < -0.3 is 0 Å². The molecule has 110 valence electrons. The van der Waals surface area contributed by atoms with Crippen LogP contribution >= 0.6 is 11.8 Å². The lowest BCUT2D eigenvalue weighted by atomic mass is 10.1. The largest absolute Gasteiger partial charge is 0.417 e. The van der Waals surface area contributed by atoms with E-state index in [1.807, 2.05) is 0 Å². The monoisotopic (exact) mass is 318 g/mol. The normalized spacial score (nSPS) is 11.5. The Morgan fingerprint density at radius 2 is 1.62 bits per heavy atom. The standard InChI is InChI=1S/C14H7F5OS/c15-9-2-4-13(11(16)6-9)21-12-3-1-8(7-20)5-10(12)14(17,18)19/h1-7H. The first kappa shape index (κ1) is 15.5. The summed E-state index contributed by atoms with van der Waals surface area (Å²) < 4.78 is 65.1. The second-order valence-corrected chi connectivity index (χ2v) is 5.13. The van der Waals surface area contributed by atoms with Crippen molar-refractivity contribution in [2.45, 2.75) is 16.0 Å². The summed E-state index contributed by atoms with van der Waals surface area (Å²) in [6.07, 6.45) is -4.39. The van der Waals surface area contributed by atoms with Crippen LogP contribution in [0.1, 0.15) is 15.9 Å². The van der Waals surface area contributed by atoms with E-state index in [0.29, 0.717) is 30.2 Å². The number of carbonyl (C=O) groups excluding carboxylic acids is 1. The Labute approximate surface area is 120 Å². The fourth-order valence-electron chi connectivity index (χ4n) is 1.61.